The summed E-state index contributed by atoms with van der Waals surface area (Å²) in [6.07, 6.45) is 1.32. The van der Waals surface area contributed by atoms with E-state index in [9.17, 15) is 14.4 Å². The predicted molar refractivity (Wildman–Crippen MR) is 83.2 cm³/mol. The van der Waals surface area contributed by atoms with Crippen LogP contribution >= 0.6 is 0 Å². The molecule has 1 aliphatic heterocycles. The molecule has 1 aromatic rings. The number of carbonyl (C=O) groups excluding carboxylic acids is 2. The highest BCUT2D eigenvalue weighted by Gasteiger charge is 2.25. The highest BCUT2D eigenvalue weighted by Crippen LogP contribution is 2.21. The van der Waals surface area contributed by atoms with Gasteiger partial charge in [0.15, 0.2) is 6.61 Å². The molecule has 7 nitrogen and oxygen atoms in total. The van der Waals surface area contributed by atoms with Crippen molar-refractivity contribution in [2.24, 2.45) is 5.92 Å². The molecule has 0 radical (unpaired) electrons. The number of nitrogens with zero attached hydrogens (tertiary/aromatic N) is 1. The van der Waals surface area contributed by atoms with Crippen LogP contribution in [0.5, 0.6) is 5.75 Å². The van der Waals surface area contributed by atoms with Gasteiger partial charge >= 0.3 is 5.97 Å². The Balaban J connectivity index is 1.83. The molecule has 23 heavy (non-hydrogen) atoms. The molecule has 0 atom stereocenters. The maximum absolute atomic E-state index is 12.2. The quantitative estimate of drug-likeness (QED) is 0.853. The number of hydrogen-bond acceptors (Lipinski definition) is 4. The molecule has 1 fully saturated rings. The molecule has 0 spiro atoms. The van der Waals surface area contributed by atoms with Crippen LogP contribution in [0.2, 0.25) is 0 Å². The summed E-state index contributed by atoms with van der Waals surface area (Å²) in [5.74, 6) is -0.735. The van der Waals surface area contributed by atoms with Gasteiger partial charge in [-0.1, -0.05) is 0 Å². The van der Waals surface area contributed by atoms with Gasteiger partial charge in [-0.25, -0.2) is 4.79 Å². The molecule has 1 aliphatic rings. The Morgan fingerprint density at radius 2 is 1.83 bits per heavy atom. The second-order valence-corrected chi connectivity index (χ2v) is 5.48. The summed E-state index contributed by atoms with van der Waals surface area (Å²) in [6.45, 7) is 2.35. The smallest absolute Gasteiger partial charge is 0.341 e. The summed E-state index contributed by atoms with van der Waals surface area (Å²) in [5.41, 5.74) is 0.631. The average Bonchev–Trinajstić information content (AvgIpc) is 2.54. The molecule has 2 amide bonds. The minimum atomic E-state index is -1.04. The first kappa shape index (κ1) is 16.8. The lowest BCUT2D eigenvalue weighted by Crippen LogP contribution is -2.40. The number of hydrogen-bond donors (Lipinski definition) is 2. The van der Waals surface area contributed by atoms with Crippen LogP contribution in [-0.2, 0) is 14.4 Å². The van der Waals surface area contributed by atoms with E-state index < -0.39 is 12.6 Å². The van der Waals surface area contributed by atoms with Gasteiger partial charge in [0.1, 0.15) is 5.75 Å². The molecule has 1 aromatic carbocycles. The minimum Gasteiger partial charge on any atom is -0.482 e. The highest BCUT2D eigenvalue weighted by molar-refractivity contribution is 5.92. The molecular formula is C16H20N2O5. The number of piperidine rings is 1. The van der Waals surface area contributed by atoms with Crippen LogP contribution in [-0.4, -0.2) is 47.5 Å². The second-order valence-electron chi connectivity index (χ2n) is 5.48. The van der Waals surface area contributed by atoms with E-state index in [1.54, 1.807) is 29.2 Å². The predicted octanol–water partition coefficient (Wildman–Crippen LogP) is 1.35. The lowest BCUT2D eigenvalue weighted by Gasteiger charge is -2.30. The standard InChI is InChI=1S/C16H20N2O5/c1-11(19)18-8-6-12(7-9-18)16(22)17-13-2-4-14(5-3-13)23-10-15(20)21/h2-5,12H,6-10H2,1H3,(H,17,22)(H,20,21). The van der Waals surface area contributed by atoms with Gasteiger partial charge in [0.05, 0.1) is 0 Å². The zero-order valence-electron chi connectivity index (χ0n) is 12.9. The van der Waals surface area contributed by atoms with E-state index in [2.05, 4.69) is 5.32 Å². The van der Waals surface area contributed by atoms with E-state index in [0.717, 1.165) is 0 Å². The third-order valence-electron chi connectivity index (χ3n) is 3.80. The zero-order chi connectivity index (χ0) is 16.8. The van der Waals surface area contributed by atoms with Gasteiger partial charge in [0, 0.05) is 31.6 Å². The van der Waals surface area contributed by atoms with Crippen molar-refractivity contribution in [3.8, 4) is 5.75 Å². The number of carboxylic acids is 1. The first-order valence-corrected chi connectivity index (χ1v) is 7.46. The molecule has 124 valence electrons. The molecule has 0 aromatic heterocycles. The van der Waals surface area contributed by atoms with Gasteiger partial charge in [-0.05, 0) is 37.1 Å². The number of rotatable bonds is 5. The molecular weight excluding hydrogens is 300 g/mol. The van der Waals surface area contributed by atoms with Gasteiger partial charge < -0.3 is 20.1 Å². The summed E-state index contributed by atoms with van der Waals surface area (Å²) >= 11 is 0. The number of benzene rings is 1. The van der Waals surface area contributed by atoms with Crippen LogP contribution in [0.1, 0.15) is 19.8 Å². The van der Waals surface area contributed by atoms with Crippen molar-refractivity contribution < 1.29 is 24.2 Å². The number of ether oxygens (including phenoxy) is 1. The summed E-state index contributed by atoms with van der Waals surface area (Å²) < 4.78 is 5.03. The number of anilines is 1. The molecule has 0 saturated carbocycles. The maximum atomic E-state index is 12.2. The summed E-state index contributed by atoms with van der Waals surface area (Å²) in [4.78, 5) is 35.7. The summed E-state index contributed by atoms with van der Waals surface area (Å²) in [5, 5.41) is 11.4. The third-order valence-corrected chi connectivity index (χ3v) is 3.80. The molecule has 0 unspecified atom stereocenters. The fourth-order valence-electron chi connectivity index (χ4n) is 2.48. The molecule has 1 heterocycles. The summed E-state index contributed by atoms with van der Waals surface area (Å²) in [7, 11) is 0. The monoisotopic (exact) mass is 320 g/mol. The Labute approximate surface area is 134 Å². The summed E-state index contributed by atoms with van der Waals surface area (Å²) in [6, 6.07) is 6.55. The van der Waals surface area contributed by atoms with Gasteiger partial charge in [0.25, 0.3) is 0 Å². The highest BCUT2D eigenvalue weighted by atomic mass is 16.5. The molecule has 0 aliphatic carbocycles. The van der Waals surface area contributed by atoms with Crippen LogP contribution in [0.4, 0.5) is 5.69 Å². The second kappa shape index (κ2) is 7.62. The molecule has 1 saturated heterocycles. The fourth-order valence-corrected chi connectivity index (χ4v) is 2.48. The molecule has 2 N–H and O–H groups in total. The van der Waals surface area contributed by atoms with E-state index in [-0.39, 0.29) is 17.7 Å². The Bertz CT molecular complexity index is 577. The Hall–Kier alpha value is -2.57. The van der Waals surface area contributed by atoms with Crippen molar-refractivity contribution in [3.05, 3.63) is 24.3 Å². The first-order valence-electron chi connectivity index (χ1n) is 7.46. The number of carbonyl (C=O) groups is 3. The van der Waals surface area contributed by atoms with Crippen LogP contribution < -0.4 is 10.1 Å². The Kier molecular flexibility index (Phi) is 5.56. The van der Waals surface area contributed by atoms with Crippen LogP contribution in [0.15, 0.2) is 24.3 Å². The lowest BCUT2D eigenvalue weighted by molar-refractivity contribution is -0.139. The minimum absolute atomic E-state index is 0.0424. The van der Waals surface area contributed by atoms with Crippen molar-refractivity contribution in [3.63, 3.8) is 0 Å². The largest absolute Gasteiger partial charge is 0.482 e. The molecule has 2 rings (SSSR count). The van der Waals surface area contributed by atoms with Crippen molar-refractivity contribution in [1.29, 1.82) is 0 Å². The van der Waals surface area contributed by atoms with Crippen molar-refractivity contribution >= 4 is 23.5 Å². The third kappa shape index (κ3) is 4.98. The van der Waals surface area contributed by atoms with Gasteiger partial charge in [0.2, 0.25) is 11.8 Å². The van der Waals surface area contributed by atoms with Gasteiger partial charge in [-0.2, -0.15) is 0 Å². The van der Waals surface area contributed by atoms with Gasteiger partial charge in [-0.3, -0.25) is 9.59 Å². The normalized spacial score (nSPS) is 15.1. The van der Waals surface area contributed by atoms with E-state index in [1.807, 2.05) is 0 Å². The molecule has 7 heteroatoms. The van der Waals surface area contributed by atoms with Crippen molar-refractivity contribution in [2.45, 2.75) is 19.8 Å². The molecule has 0 bridgehead atoms. The van der Waals surface area contributed by atoms with Crippen LogP contribution in [0, 0.1) is 5.92 Å². The van der Waals surface area contributed by atoms with E-state index >= 15 is 0 Å². The van der Waals surface area contributed by atoms with E-state index in [4.69, 9.17) is 9.84 Å². The van der Waals surface area contributed by atoms with Gasteiger partial charge in [-0.15, -0.1) is 0 Å². The average molecular weight is 320 g/mol. The topological polar surface area (TPSA) is 95.9 Å². The number of nitrogens with one attached hydrogen (secondary N) is 1. The fraction of sp³-hybridized carbons (Fsp3) is 0.438. The van der Waals surface area contributed by atoms with E-state index in [0.29, 0.717) is 37.4 Å². The number of carboxylic acid groups (broad SMARTS) is 1. The Morgan fingerprint density at radius 3 is 2.35 bits per heavy atom. The number of aliphatic carboxylic acids is 1. The number of likely N-dealkylation sites (tertiary alicyclic amines) is 1. The lowest BCUT2D eigenvalue weighted by atomic mass is 9.96. The van der Waals surface area contributed by atoms with Crippen molar-refractivity contribution in [1.82, 2.24) is 4.90 Å². The maximum Gasteiger partial charge on any atom is 0.341 e. The zero-order valence-corrected chi connectivity index (χ0v) is 12.9. The number of amides is 2. The van der Waals surface area contributed by atoms with Crippen LogP contribution in [0.3, 0.4) is 0 Å². The van der Waals surface area contributed by atoms with Crippen molar-refractivity contribution in [2.75, 3.05) is 25.0 Å². The Morgan fingerprint density at radius 1 is 1.22 bits per heavy atom. The first-order chi connectivity index (χ1) is 11.0. The SMILES string of the molecule is CC(=O)N1CCC(C(=O)Nc2ccc(OCC(=O)O)cc2)CC1. The van der Waals surface area contributed by atoms with E-state index in [1.165, 1.54) is 6.92 Å². The van der Waals surface area contributed by atoms with Crippen LogP contribution in [0.25, 0.3) is 0 Å².